The van der Waals surface area contributed by atoms with Crippen LogP contribution in [0.4, 0.5) is 5.82 Å². The molecule has 3 rings (SSSR count). The molecule has 0 radical (unpaired) electrons. The summed E-state index contributed by atoms with van der Waals surface area (Å²) in [6.07, 6.45) is 0. The Bertz CT molecular complexity index is 727. The van der Waals surface area contributed by atoms with Gasteiger partial charge in [0.25, 0.3) is 5.91 Å². The van der Waals surface area contributed by atoms with E-state index in [2.05, 4.69) is 26.3 Å². The molecule has 0 atom stereocenters. The molecule has 1 aliphatic heterocycles. The lowest BCUT2D eigenvalue weighted by Gasteiger charge is -2.28. The maximum Gasteiger partial charge on any atom is 0.270 e. The van der Waals surface area contributed by atoms with Crippen LogP contribution in [0.25, 0.3) is 0 Å². The quantitative estimate of drug-likeness (QED) is 0.929. The van der Waals surface area contributed by atoms with Gasteiger partial charge in [-0.15, -0.1) is 0 Å². The first-order valence-corrected chi connectivity index (χ1v) is 8.14. The number of nitrogens with zero attached hydrogens (tertiary/aromatic N) is 3. The standard InChI is InChI=1S/C18H22N4O2/c1-13-4-3-5-15(10-13)12-19-18(23)16-11-17(21-14(2)20-16)22-6-8-24-9-7-22/h3-5,10-11H,6-9,12H2,1-2H3,(H,19,23). The Kier molecular flexibility index (Phi) is 5.05. The number of hydrogen-bond donors (Lipinski definition) is 1. The van der Waals surface area contributed by atoms with Gasteiger partial charge >= 0.3 is 0 Å². The molecule has 1 saturated heterocycles. The van der Waals surface area contributed by atoms with Gasteiger partial charge in [-0.25, -0.2) is 9.97 Å². The molecule has 0 saturated carbocycles. The molecule has 24 heavy (non-hydrogen) atoms. The minimum atomic E-state index is -0.184. The van der Waals surface area contributed by atoms with E-state index in [4.69, 9.17) is 4.74 Å². The molecule has 0 unspecified atom stereocenters. The Morgan fingerprint density at radius 3 is 2.75 bits per heavy atom. The second kappa shape index (κ2) is 7.40. The maximum atomic E-state index is 12.4. The van der Waals surface area contributed by atoms with Gasteiger partial charge in [-0.2, -0.15) is 0 Å². The third-order valence-electron chi connectivity index (χ3n) is 3.93. The van der Waals surface area contributed by atoms with Crippen molar-refractivity contribution in [1.29, 1.82) is 0 Å². The summed E-state index contributed by atoms with van der Waals surface area (Å²) in [6.45, 7) is 7.24. The average molecular weight is 326 g/mol. The summed E-state index contributed by atoms with van der Waals surface area (Å²) in [6, 6.07) is 9.84. The zero-order valence-corrected chi connectivity index (χ0v) is 14.1. The summed E-state index contributed by atoms with van der Waals surface area (Å²) in [4.78, 5) is 23.3. The summed E-state index contributed by atoms with van der Waals surface area (Å²) >= 11 is 0. The highest BCUT2D eigenvalue weighted by Crippen LogP contribution is 2.14. The number of amides is 1. The highest BCUT2D eigenvalue weighted by Gasteiger charge is 2.16. The minimum absolute atomic E-state index is 0.184. The molecule has 1 amide bonds. The lowest BCUT2D eigenvalue weighted by atomic mass is 10.1. The second-order valence-electron chi connectivity index (χ2n) is 5.93. The van der Waals surface area contributed by atoms with Crippen molar-refractivity contribution in [3.05, 3.63) is 53.0 Å². The number of benzene rings is 1. The van der Waals surface area contributed by atoms with Crippen molar-refractivity contribution in [1.82, 2.24) is 15.3 Å². The van der Waals surface area contributed by atoms with Crippen LogP contribution in [0.2, 0.25) is 0 Å². The van der Waals surface area contributed by atoms with E-state index < -0.39 is 0 Å². The zero-order chi connectivity index (χ0) is 16.9. The van der Waals surface area contributed by atoms with E-state index in [1.807, 2.05) is 25.1 Å². The number of ether oxygens (including phenoxy) is 1. The number of aromatic nitrogens is 2. The molecular formula is C18H22N4O2. The number of morpholine rings is 1. The van der Waals surface area contributed by atoms with E-state index >= 15 is 0 Å². The summed E-state index contributed by atoms with van der Waals surface area (Å²) in [5.41, 5.74) is 2.65. The number of carbonyl (C=O) groups is 1. The fraction of sp³-hybridized carbons (Fsp3) is 0.389. The Balaban J connectivity index is 1.71. The number of rotatable bonds is 4. The molecule has 0 spiro atoms. The lowest BCUT2D eigenvalue weighted by molar-refractivity contribution is 0.0945. The third-order valence-corrected chi connectivity index (χ3v) is 3.93. The van der Waals surface area contributed by atoms with Crippen LogP contribution in [-0.2, 0) is 11.3 Å². The highest BCUT2D eigenvalue weighted by molar-refractivity contribution is 5.92. The normalized spacial score (nSPS) is 14.5. The molecule has 1 aromatic carbocycles. The van der Waals surface area contributed by atoms with Gasteiger partial charge in [-0.1, -0.05) is 29.8 Å². The average Bonchev–Trinajstić information content (AvgIpc) is 2.60. The fourth-order valence-corrected chi connectivity index (χ4v) is 2.72. The van der Waals surface area contributed by atoms with Gasteiger partial charge in [0.05, 0.1) is 13.2 Å². The summed E-state index contributed by atoms with van der Waals surface area (Å²) < 4.78 is 5.36. The topological polar surface area (TPSA) is 67.4 Å². The van der Waals surface area contributed by atoms with Crippen molar-refractivity contribution >= 4 is 11.7 Å². The SMILES string of the molecule is Cc1cccc(CNC(=O)c2cc(N3CCOCC3)nc(C)n2)c1. The van der Waals surface area contributed by atoms with Gasteiger partial charge in [-0.05, 0) is 19.4 Å². The van der Waals surface area contributed by atoms with E-state index in [-0.39, 0.29) is 5.91 Å². The first kappa shape index (κ1) is 16.4. The monoisotopic (exact) mass is 326 g/mol. The summed E-state index contributed by atoms with van der Waals surface area (Å²) in [5, 5.41) is 2.93. The second-order valence-corrected chi connectivity index (χ2v) is 5.93. The molecular weight excluding hydrogens is 304 g/mol. The van der Waals surface area contributed by atoms with Crippen molar-refractivity contribution in [2.45, 2.75) is 20.4 Å². The third kappa shape index (κ3) is 4.08. The smallest absolute Gasteiger partial charge is 0.270 e. The molecule has 1 aromatic heterocycles. The first-order valence-electron chi connectivity index (χ1n) is 8.14. The van der Waals surface area contributed by atoms with E-state index in [1.54, 1.807) is 13.0 Å². The Morgan fingerprint density at radius 1 is 1.21 bits per heavy atom. The predicted octanol–water partition coefficient (Wildman–Crippen LogP) is 1.86. The zero-order valence-electron chi connectivity index (χ0n) is 14.1. The van der Waals surface area contributed by atoms with Crippen LogP contribution < -0.4 is 10.2 Å². The molecule has 1 fully saturated rings. The van der Waals surface area contributed by atoms with Crippen molar-refractivity contribution in [3.8, 4) is 0 Å². The van der Waals surface area contributed by atoms with Gasteiger partial charge in [0, 0.05) is 25.7 Å². The molecule has 2 aromatic rings. The van der Waals surface area contributed by atoms with Crippen LogP contribution in [0.3, 0.4) is 0 Å². The highest BCUT2D eigenvalue weighted by atomic mass is 16.5. The van der Waals surface area contributed by atoms with Crippen LogP contribution in [0.5, 0.6) is 0 Å². The van der Waals surface area contributed by atoms with Gasteiger partial charge in [0.2, 0.25) is 0 Å². The van der Waals surface area contributed by atoms with Gasteiger partial charge in [0.15, 0.2) is 0 Å². The van der Waals surface area contributed by atoms with E-state index in [1.165, 1.54) is 5.56 Å². The van der Waals surface area contributed by atoms with Crippen molar-refractivity contribution in [2.75, 3.05) is 31.2 Å². The van der Waals surface area contributed by atoms with E-state index in [0.717, 1.165) is 24.5 Å². The first-order chi connectivity index (χ1) is 11.6. The van der Waals surface area contributed by atoms with E-state index in [9.17, 15) is 4.79 Å². The largest absolute Gasteiger partial charge is 0.378 e. The van der Waals surface area contributed by atoms with Crippen LogP contribution in [0, 0.1) is 13.8 Å². The molecule has 2 heterocycles. The Hall–Kier alpha value is -2.47. The molecule has 1 N–H and O–H groups in total. The Labute approximate surface area is 141 Å². The molecule has 6 heteroatoms. The minimum Gasteiger partial charge on any atom is -0.378 e. The molecule has 126 valence electrons. The van der Waals surface area contributed by atoms with Crippen LogP contribution in [0.1, 0.15) is 27.4 Å². The van der Waals surface area contributed by atoms with Crippen LogP contribution >= 0.6 is 0 Å². The maximum absolute atomic E-state index is 12.4. The number of nitrogens with one attached hydrogen (secondary N) is 1. The number of carbonyl (C=O) groups excluding carboxylic acids is 1. The van der Waals surface area contributed by atoms with Crippen molar-refractivity contribution in [3.63, 3.8) is 0 Å². The molecule has 6 nitrogen and oxygen atoms in total. The number of hydrogen-bond acceptors (Lipinski definition) is 5. The van der Waals surface area contributed by atoms with Crippen molar-refractivity contribution < 1.29 is 9.53 Å². The number of anilines is 1. The van der Waals surface area contributed by atoms with E-state index in [0.29, 0.717) is 31.3 Å². The fourth-order valence-electron chi connectivity index (χ4n) is 2.72. The van der Waals surface area contributed by atoms with Crippen molar-refractivity contribution in [2.24, 2.45) is 0 Å². The molecule has 0 bridgehead atoms. The molecule has 1 aliphatic rings. The van der Waals surface area contributed by atoms with Gasteiger partial charge < -0.3 is 15.0 Å². The van der Waals surface area contributed by atoms with Crippen LogP contribution in [-0.4, -0.2) is 42.2 Å². The molecule has 0 aliphatic carbocycles. The predicted molar refractivity (Wildman–Crippen MR) is 92.2 cm³/mol. The Morgan fingerprint density at radius 2 is 2.00 bits per heavy atom. The number of aryl methyl sites for hydroxylation is 2. The van der Waals surface area contributed by atoms with Gasteiger partial charge in [0.1, 0.15) is 17.3 Å². The summed E-state index contributed by atoms with van der Waals surface area (Å²) in [7, 11) is 0. The lowest BCUT2D eigenvalue weighted by Crippen LogP contribution is -2.37. The summed E-state index contributed by atoms with van der Waals surface area (Å²) in [5.74, 6) is 1.20. The van der Waals surface area contributed by atoms with Crippen LogP contribution in [0.15, 0.2) is 30.3 Å². The van der Waals surface area contributed by atoms with Gasteiger partial charge in [-0.3, -0.25) is 4.79 Å².